The first-order valence-electron chi connectivity index (χ1n) is 6.19. The summed E-state index contributed by atoms with van der Waals surface area (Å²) in [6, 6.07) is 9.37. The molecule has 2 heterocycles. The Morgan fingerprint density at radius 3 is 2.74 bits per heavy atom. The molecule has 0 unspecified atom stereocenters. The molecule has 1 aromatic carbocycles. The molecule has 2 aromatic rings. The van der Waals surface area contributed by atoms with Gasteiger partial charge in [-0.1, -0.05) is 12.1 Å². The summed E-state index contributed by atoms with van der Waals surface area (Å²) in [4.78, 5) is 26.0. The molecule has 96 valence electrons. The van der Waals surface area contributed by atoms with Crippen molar-refractivity contribution >= 4 is 28.7 Å². The Labute approximate surface area is 115 Å². The number of para-hydroxylation sites is 1. The van der Waals surface area contributed by atoms with Gasteiger partial charge >= 0.3 is 0 Å². The zero-order chi connectivity index (χ0) is 13.2. The lowest BCUT2D eigenvalue weighted by Gasteiger charge is -2.22. The van der Waals surface area contributed by atoms with Gasteiger partial charge in [-0.2, -0.15) is 11.3 Å². The molecule has 3 rings (SSSR count). The first-order valence-corrected chi connectivity index (χ1v) is 7.13. The van der Waals surface area contributed by atoms with Crippen molar-refractivity contribution in [2.24, 2.45) is 0 Å². The quantitative estimate of drug-likeness (QED) is 0.840. The molecule has 1 aliphatic heterocycles. The number of rotatable bonds is 2. The third-order valence-corrected chi connectivity index (χ3v) is 4.02. The molecule has 0 N–H and O–H groups in total. The van der Waals surface area contributed by atoms with E-state index in [0.717, 1.165) is 11.3 Å². The average molecular weight is 271 g/mol. The standard InChI is InChI=1S/C15H13NO2S/c17-14-5-6-15(18)16(9-11-7-8-19-10-11)13-4-2-1-3-12(13)14/h1-4,7-8,10H,5-6,9H2. The summed E-state index contributed by atoms with van der Waals surface area (Å²) in [5, 5.41) is 4.03. The second-order valence-electron chi connectivity index (χ2n) is 4.55. The van der Waals surface area contributed by atoms with E-state index in [2.05, 4.69) is 0 Å². The molecule has 0 fully saturated rings. The van der Waals surface area contributed by atoms with Crippen molar-refractivity contribution in [3.05, 3.63) is 52.2 Å². The van der Waals surface area contributed by atoms with E-state index in [0.29, 0.717) is 18.5 Å². The van der Waals surface area contributed by atoms with Gasteiger partial charge in [0.05, 0.1) is 12.2 Å². The van der Waals surface area contributed by atoms with Crippen molar-refractivity contribution in [3.8, 4) is 0 Å². The van der Waals surface area contributed by atoms with Crippen LogP contribution < -0.4 is 4.90 Å². The first-order chi connectivity index (χ1) is 9.25. The number of carbonyl (C=O) groups is 2. The maximum Gasteiger partial charge on any atom is 0.227 e. The summed E-state index contributed by atoms with van der Waals surface area (Å²) in [6.07, 6.45) is 0.591. The van der Waals surface area contributed by atoms with Gasteiger partial charge in [0.25, 0.3) is 0 Å². The molecule has 0 bridgehead atoms. The lowest BCUT2D eigenvalue weighted by atomic mass is 10.1. The van der Waals surface area contributed by atoms with Crippen LogP contribution in [0.4, 0.5) is 5.69 Å². The summed E-state index contributed by atoms with van der Waals surface area (Å²) < 4.78 is 0. The molecular formula is C15H13NO2S. The van der Waals surface area contributed by atoms with Gasteiger partial charge < -0.3 is 4.90 Å². The minimum absolute atomic E-state index is 0.0181. The number of thiophene rings is 1. The van der Waals surface area contributed by atoms with Gasteiger partial charge in [0.15, 0.2) is 5.78 Å². The molecule has 1 amide bonds. The van der Waals surface area contributed by atoms with E-state index in [-0.39, 0.29) is 18.1 Å². The van der Waals surface area contributed by atoms with E-state index in [1.807, 2.05) is 35.0 Å². The van der Waals surface area contributed by atoms with Crippen molar-refractivity contribution in [1.29, 1.82) is 0 Å². The molecule has 3 nitrogen and oxygen atoms in total. The van der Waals surface area contributed by atoms with E-state index in [1.165, 1.54) is 0 Å². The number of nitrogens with zero attached hydrogens (tertiary/aromatic N) is 1. The molecule has 4 heteroatoms. The van der Waals surface area contributed by atoms with Gasteiger partial charge in [-0.05, 0) is 34.5 Å². The largest absolute Gasteiger partial charge is 0.307 e. The Balaban J connectivity index is 2.03. The van der Waals surface area contributed by atoms with Gasteiger partial charge in [-0.15, -0.1) is 0 Å². The predicted molar refractivity (Wildman–Crippen MR) is 75.5 cm³/mol. The fourth-order valence-corrected chi connectivity index (χ4v) is 2.97. The molecule has 0 saturated carbocycles. The van der Waals surface area contributed by atoms with Crippen LogP contribution >= 0.6 is 11.3 Å². The normalized spacial score (nSPS) is 15.3. The number of Topliss-reactive ketones (excluding diaryl/α,β-unsaturated/α-hetero) is 1. The molecule has 0 atom stereocenters. The number of amides is 1. The van der Waals surface area contributed by atoms with E-state index >= 15 is 0 Å². The van der Waals surface area contributed by atoms with Crippen molar-refractivity contribution in [2.75, 3.05) is 4.90 Å². The Kier molecular flexibility index (Phi) is 3.17. The highest BCUT2D eigenvalue weighted by Gasteiger charge is 2.26. The Morgan fingerprint density at radius 2 is 1.95 bits per heavy atom. The van der Waals surface area contributed by atoms with Gasteiger partial charge in [-0.3, -0.25) is 9.59 Å². The number of fused-ring (bicyclic) bond motifs is 1. The molecule has 1 aromatic heterocycles. The van der Waals surface area contributed by atoms with Crippen molar-refractivity contribution < 1.29 is 9.59 Å². The molecule has 0 radical (unpaired) electrons. The molecule has 1 aliphatic rings. The summed E-state index contributed by atoms with van der Waals surface area (Å²) in [5.41, 5.74) is 2.49. The van der Waals surface area contributed by atoms with E-state index < -0.39 is 0 Å². The third kappa shape index (κ3) is 2.31. The molecule has 0 saturated heterocycles. The zero-order valence-corrected chi connectivity index (χ0v) is 11.2. The van der Waals surface area contributed by atoms with E-state index in [1.54, 1.807) is 22.3 Å². The molecule has 19 heavy (non-hydrogen) atoms. The first kappa shape index (κ1) is 12.1. The van der Waals surface area contributed by atoms with Crippen LogP contribution in [0.15, 0.2) is 41.1 Å². The Morgan fingerprint density at radius 1 is 1.11 bits per heavy atom. The third-order valence-electron chi connectivity index (χ3n) is 3.28. The van der Waals surface area contributed by atoms with Crippen molar-refractivity contribution in [1.82, 2.24) is 0 Å². The van der Waals surface area contributed by atoms with Crippen LogP contribution in [-0.2, 0) is 11.3 Å². The van der Waals surface area contributed by atoms with Crippen LogP contribution in [0.1, 0.15) is 28.8 Å². The number of hydrogen-bond acceptors (Lipinski definition) is 3. The molecular weight excluding hydrogens is 258 g/mol. The zero-order valence-electron chi connectivity index (χ0n) is 10.3. The van der Waals surface area contributed by atoms with Crippen molar-refractivity contribution in [2.45, 2.75) is 19.4 Å². The summed E-state index contributed by atoms with van der Waals surface area (Å²) >= 11 is 1.61. The van der Waals surface area contributed by atoms with Gasteiger partial charge in [0.2, 0.25) is 5.91 Å². The lowest BCUT2D eigenvalue weighted by Crippen LogP contribution is -2.29. The van der Waals surface area contributed by atoms with Crippen LogP contribution in [-0.4, -0.2) is 11.7 Å². The monoisotopic (exact) mass is 271 g/mol. The summed E-state index contributed by atoms with van der Waals surface area (Å²) in [7, 11) is 0. The maximum atomic E-state index is 12.2. The minimum Gasteiger partial charge on any atom is -0.307 e. The lowest BCUT2D eigenvalue weighted by molar-refractivity contribution is -0.118. The van der Waals surface area contributed by atoms with Crippen LogP contribution in [0.25, 0.3) is 0 Å². The summed E-state index contributed by atoms with van der Waals surface area (Å²) in [6.45, 7) is 0.534. The van der Waals surface area contributed by atoms with Crippen LogP contribution in [0.3, 0.4) is 0 Å². The van der Waals surface area contributed by atoms with Crippen LogP contribution in [0.2, 0.25) is 0 Å². The highest BCUT2D eigenvalue weighted by atomic mass is 32.1. The number of ketones is 1. The highest BCUT2D eigenvalue weighted by molar-refractivity contribution is 7.07. The molecule has 0 spiro atoms. The average Bonchev–Trinajstić information content (AvgIpc) is 2.91. The second kappa shape index (κ2) is 4.97. The maximum absolute atomic E-state index is 12.2. The number of anilines is 1. The summed E-state index contributed by atoms with van der Waals surface area (Å²) in [5.74, 6) is 0.0706. The van der Waals surface area contributed by atoms with E-state index in [4.69, 9.17) is 0 Å². The number of benzene rings is 1. The van der Waals surface area contributed by atoms with Crippen LogP contribution in [0.5, 0.6) is 0 Å². The highest BCUT2D eigenvalue weighted by Crippen LogP contribution is 2.28. The SMILES string of the molecule is O=C1CCC(=O)N(Cc2ccsc2)c2ccccc21. The number of carbonyl (C=O) groups excluding carboxylic acids is 2. The Bertz CT molecular complexity index is 619. The topological polar surface area (TPSA) is 37.4 Å². The van der Waals surface area contributed by atoms with Crippen molar-refractivity contribution in [3.63, 3.8) is 0 Å². The van der Waals surface area contributed by atoms with Gasteiger partial charge in [-0.25, -0.2) is 0 Å². The van der Waals surface area contributed by atoms with Crippen LogP contribution in [0, 0.1) is 0 Å². The van der Waals surface area contributed by atoms with Gasteiger partial charge in [0.1, 0.15) is 0 Å². The molecule has 0 aliphatic carbocycles. The van der Waals surface area contributed by atoms with Gasteiger partial charge in [0, 0.05) is 18.4 Å². The van der Waals surface area contributed by atoms with E-state index in [9.17, 15) is 9.59 Å². The smallest absolute Gasteiger partial charge is 0.227 e. The number of hydrogen-bond donors (Lipinski definition) is 0. The second-order valence-corrected chi connectivity index (χ2v) is 5.33. The predicted octanol–water partition coefficient (Wildman–Crippen LogP) is 3.26. The fraction of sp³-hybridized carbons (Fsp3) is 0.200. The fourth-order valence-electron chi connectivity index (χ4n) is 2.31. The minimum atomic E-state index is 0.0181. The Hall–Kier alpha value is -1.94.